The van der Waals surface area contributed by atoms with Gasteiger partial charge >= 0.3 is 0 Å². The number of rotatable bonds is 10. The molecule has 2 rings (SSSR count). The van der Waals surface area contributed by atoms with Crippen molar-refractivity contribution >= 4 is 17.3 Å². The number of carbonyl (C=O) groups excluding carboxylic acids is 2. The number of carbonyl (C=O) groups is 2. The van der Waals surface area contributed by atoms with Gasteiger partial charge in [-0.2, -0.15) is 0 Å². The number of hydrogen-bond acceptors (Lipinski definition) is 3. The molecular formula is C22H27NO2. The van der Waals surface area contributed by atoms with Crippen LogP contribution in [0.1, 0.15) is 60.0 Å². The first-order valence-electron chi connectivity index (χ1n) is 9.01. The van der Waals surface area contributed by atoms with Crippen LogP contribution in [-0.2, 0) is 11.2 Å². The van der Waals surface area contributed by atoms with Crippen molar-refractivity contribution in [3.05, 3.63) is 65.2 Å². The fraction of sp³-hybridized carbons (Fsp3) is 0.364. The Labute approximate surface area is 150 Å². The van der Waals surface area contributed by atoms with E-state index in [0.717, 1.165) is 36.8 Å². The zero-order chi connectivity index (χ0) is 18.1. The number of unbranched alkanes of at least 4 members (excludes halogenated alkanes) is 3. The monoisotopic (exact) mass is 337 g/mol. The van der Waals surface area contributed by atoms with Gasteiger partial charge < -0.3 is 5.73 Å². The third-order valence-corrected chi connectivity index (χ3v) is 4.43. The maximum Gasteiger partial charge on any atom is 0.162 e. The SMILES string of the molecule is Cc1ccc(C(=O)CCCCCCC(=O)Cc2ccccc2N)cc1. The molecule has 0 atom stereocenters. The molecule has 0 aliphatic carbocycles. The molecule has 2 aromatic rings. The molecule has 0 unspecified atom stereocenters. The standard InChI is InChI=1S/C22H27NO2/c1-17-12-14-18(15-13-17)22(25)11-5-3-2-4-9-20(24)16-19-8-6-7-10-21(19)23/h6-8,10,12-15H,2-5,9,11,16,23H2,1H3. The van der Waals surface area contributed by atoms with Gasteiger partial charge in [0.2, 0.25) is 0 Å². The summed E-state index contributed by atoms with van der Waals surface area (Å²) in [5, 5.41) is 0. The number of Topliss-reactive ketones (excluding diaryl/α,β-unsaturated/α-hetero) is 2. The topological polar surface area (TPSA) is 60.2 Å². The molecule has 0 aromatic heterocycles. The molecule has 3 heteroatoms. The second-order valence-electron chi connectivity index (χ2n) is 6.62. The van der Waals surface area contributed by atoms with Crippen LogP contribution in [0, 0.1) is 6.92 Å². The Bertz CT molecular complexity index is 704. The Morgan fingerprint density at radius 1 is 0.840 bits per heavy atom. The van der Waals surface area contributed by atoms with Gasteiger partial charge in [-0.05, 0) is 31.4 Å². The van der Waals surface area contributed by atoms with Crippen molar-refractivity contribution in [1.82, 2.24) is 0 Å². The third-order valence-electron chi connectivity index (χ3n) is 4.43. The van der Waals surface area contributed by atoms with Gasteiger partial charge in [-0.15, -0.1) is 0 Å². The van der Waals surface area contributed by atoms with Gasteiger partial charge in [0.15, 0.2) is 5.78 Å². The Morgan fingerprint density at radius 2 is 1.48 bits per heavy atom. The van der Waals surface area contributed by atoms with Crippen LogP contribution in [0.3, 0.4) is 0 Å². The summed E-state index contributed by atoms with van der Waals surface area (Å²) < 4.78 is 0. The van der Waals surface area contributed by atoms with Crippen molar-refractivity contribution in [2.24, 2.45) is 0 Å². The maximum absolute atomic E-state index is 12.1. The molecule has 0 fully saturated rings. The summed E-state index contributed by atoms with van der Waals surface area (Å²) in [6, 6.07) is 15.2. The molecule has 0 aliphatic heterocycles. The van der Waals surface area contributed by atoms with Gasteiger partial charge in [0, 0.05) is 30.5 Å². The molecule has 0 bridgehead atoms. The minimum absolute atomic E-state index is 0.204. The summed E-state index contributed by atoms with van der Waals surface area (Å²) in [5.41, 5.74) is 9.42. The summed E-state index contributed by atoms with van der Waals surface area (Å²) in [4.78, 5) is 24.1. The molecule has 25 heavy (non-hydrogen) atoms. The number of para-hydroxylation sites is 1. The summed E-state index contributed by atoms with van der Waals surface area (Å²) in [6.45, 7) is 2.02. The fourth-order valence-corrected chi connectivity index (χ4v) is 2.84. The van der Waals surface area contributed by atoms with Crippen LogP contribution in [0.15, 0.2) is 48.5 Å². The maximum atomic E-state index is 12.1. The molecule has 0 saturated heterocycles. The number of hydrogen-bond donors (Lipinski definition) is 1. The summed E-state index contributed by atoms with van der Waals surface area (Å²) in [6.07, 6.45) is 5.31. The van der Waals surface area contributed by atoms with Crippen molar-refractivity contribution in [1.29, 1.82) is 0 Å². The fourth-order valence-electron chi connectivity index (χ4n) is 2.84. The minimum atomic E-state index is 0.204. The van der Waals surface area contributed by atoms with E-state index in [2.05, 4.69) is 0 Å². The summed E-state index contributed by atoms with van der Waals surface area (Å²) in [5.74, 6) is 0.435. The van der Waals surface area contributed by atoms with E-state index in [0.29, 0.717) is 24.9 Å². The minimum Gasteiger partial charge on any atom is -0.398 e. The van der Waals surface area contributed by atoms with Crippen LogP contribution < -0.4 is 5.73 Å². The smallest absolute Gasteiger partial charge is 0.162 e. The number of nitrogens with two attached hydrogens (primary N) is 1. The Balaban J connectivity index is 1.58. The summed E-state index contributed by atoms with van der Waals surface area (Å²) in [7, 11) is 0. The van der Waals surface area contributed by atoms with Crippen molar-refractivity contribution in [2.75, 3.05) is 5.73 Å². The normalized spacial score (nSPS) is 10.6. The number of aryl methyl sites for hydroxylation is 1. The molecular weight excluding hydrogens is 310 g/mol. The zero-order valence-electron chi connectivity index (χ0n) is 15.0. The quantitative estimate of drug-likeness (QED) is 0.380. The molecule has 2 N–H and O–H groups in total. The van der Waals surface area contributed by atoms with Gasteiger partial charge in [-0.3, -0.25) is 9.59 Å². The number of nitrogen functional groups attached to an aromatic ring is 1. The molecule has 0 amide bonds. The highest BCUT2D eigenvalue weighted by atomic mass is 16.1. The average molecular weight is 337 g/mol. The predicted molar refractivity (Wildman–Crippen MR) is 103 cm³/mol. The second kappa shape index (κ2) is 9.77. The van der Waals surface area contributed by atoms with Gasteiger partial charge in [0.1, 0.15) is 5.78 Å². The lowest BCUT2D eigenvalue weighted by atomic mass is 10.0. The molecule has 0 heterocycles. The van der Waals surface area contributed by atoms with Gasteiger partial charge in [0.05, 0.1) is 0 Å². The lowest BCUT2D eigenvalue weighted by Gasteiger charge is -2.05. The lowest BCUT2D eigenvalue weighted by molar-refractivity contribution is -0.118. The largest absolute Gasteiger partial charge is 0.398 e. The van der Waals surface area contributed by atoms with E-state index in [1.165, 1.54) is 5.56 Å². The number of ketones is 2. The highest BCUT2D eigenvalue weighted by Gasteiger charge is 2.07. The van der Waals surface area contributed by atoms with E-state index in [9.17, 15) is 9.59 Å². The van der Waals surface area contributed by atoms with Crippen LogP contribution in [0.25, 0.3) is 0 Å². The van der Waals surface area contributed by atoms with Gasteiger partial charge in [-0.1, -0.05) is 60.9 Å². The van der Waals surface area contributed by atoms with E-state index < -0.39 is 0 Å². The van der Waals surface area contributed by atoms with Crippen LogP contribution in [0.5, 0.6) is 0 Å². The number of benzene rings is 2. The van der Waals surface area contributed by atoms with Crippen molar-refractivity contribution < 1.29 is 9.59 Å². The lowest BCUT2D eigenvalue weighted by Crippen LogP contribution is -2.05. The molecule has 3 nitrogen and oxygen atoms in total. The summed E-state index contributed by atoms with van der Waals surface area (Å²) >= 11 is 0. The van der Waals surface area contributed by atoms with Crippen LogP contribution >= 0.6 is 0 Å². The molecule has 132 valence electrons. The van der Waals surface area contributed by atoms with Gasteiger partial charge in [0.25, 0.3) is 0 Å². The molecule has 0 saturated carbocycles. The first-order chi connectivity index (χ1) is 12.1. The first kappa shape index (κ1) is 18.9. The Morgan fingerprint density at radius 3 is 2.16 bits per heavy atom. The van der Waals surface area contributed by atoms with Gasteiger partial charge in [-0.25, -0.2) is 0 Å². The highest BCUT2D eigenvalue weighted by molar-refractivity contribution is 5.96. The van der Waals surface area contributed by atoms with E-state index >= 15 is 0 Å². The van der Waals surface area contributed by atoms with E-state index in [1.807, 2.05) is 55.5 Å². The Hall–Kier alpha value is -2.42. The van der Waals surface area contributed by atoms with E-state index in [1.54, 1.807) is 0 Å². The van der Waals surface area contributed by atoms with E-state index in [4.69, 9.17) is 5.73 Å². The molecule has 0 radical (unpaired) electrons. The third kappa shape index (κ3) is 6.54. The highest BCUT2D eigenvalue weighted by Crippen LogP contribution is 2.14. The van der Waals surface area contributed by atoms with Crippen LogP contribution in [0.4, 0.5) is 5.69 Å². The molecule has 2 aromatic carbocycles. The zero-order valence-corrected chi connectivity index (χ0v) is 15.0. The van der Waals surface area contributed by atoms with Crippen molar-refractivity contribution in [2.45, 2.75) is 51.9 Å². The first-order valence-corrected chi connectivity index (χ1v) is 9.01. The predicted octanol–water partition coefficient (Wildman–Crippen LogP) is 4.91. The second-order valence-corrected chi connectivity index (χ2v) is 6.62. The van der Waals surface area contributed by atoms with Crippen LogP contribution in [0.2, 0.25) is 0 Å². The molecule has 0 spiro atoms. The number of anilines is 1. The molecule has 0 aliphatic rings. The van der Waals surface area contributed by atoms with Crippen molar-refractivity contribution in [3.8, 4) is 0 Å². The average Bonchev–Trinajstić information content (AvgIpc) is 2.60. The van der Waals surface area contributed by atoms with E-state index in [-0.39, 0.29) is 11.6 Å². The van der Waals surface area contributed by atoms with Crippen molar-refractivity contribution in [3.63, 3.8) is 0 Å². The van der Waals surface area contributed by atoms with Crippen LogP contribution in [-0.4, -0.2) is 11.6 Å². The Kier molecular flexibility index (Phi) is 7.39.